The lowest BCUT2D eigenvalue weighted by Crippen LogP contribution is -2.22. The van der Waals surface area contributed by atoms with Crippen molar-refractivity contribution in [2.45, 2.75) is 0 Å². The molecule has 0 aliphatic heterocycles. The summed E-state index contributed by atoms with van der Waals surface area (Å²) in [5.74, 6) is -0.500. The molecule has 1 aromatic carbocycles. The molecule has 0 radical (unpaired) electrons. The first kappa shape index (κ1) is 14.7. The summed E-state index contributed by atoms with van der Waals surface area (Å²) in [4.78, 5) is 11.5. The van der Waals surface area contributed by atoms with Gasteiger partial charge in [-0.2, -0.15) is 0 Å². The molecule has 0 saturated heterocycles. The second-order valence-corrected chi connectivity index (χ2v) is 5.71. The van der Waals surface area contributed by atoms with E-state index in [-0.39, 0.29) is 18.2 Å². The summed E-state index contributed by atoms with van der Waals surface area (Å²) in [6.45, 7) is 0.160. The fourth-order valence-electron chi connectivity index (χ4n) is 1.28. The Labute approximate surface area is 111 Å². The van der Waals surface area contributed by atoms with Crippen molar-refractivity contribution in [2.24, 2.45) is 5.14 Å². The standard InChI is InChI=1S/C10H14ClN3O3S/c1-13-10(15)8-6-7(2-3-9(8)11)14-4-5-18(12,16)17/h2-3,6,14H,4-5H2,1H3,(H,13,15)(H2,12,16,17). The first-order valence-electron chi connectivity index (χ1n) is 5.09. The Morgan fingerprint density at radius 3 is 2.67 bits per heavy atom. The van der Waals surface area contributed by atoms with Gasteiger partial charge in [0.05, 0.1) is 16.3 Å². The van der Waals surface area contributed by atoms with Crippen molar-refractivity contribution < 1.29 is 13.2 Å². The molecule has 18 heavy (non-hydrogen) atoms. The molecule has 1 rings (SSSR count). The molecule has 0 spiro atoms. The maximum atomic E-state index is 11.5. The van der Waals surface area contributed by atoms with Crippen molar-refractivity contribution in [3.63, 3.8) is 0 Å². The predicted molar refractivity (Wildman–Crippen MR) is 71.3 cm³/mol. The van der Waals surface area contributed by atoms with E-state index in [2.05, 4.69) is 10.6 Å². The van der Waals surface area contributed by atoms with Gasteiger partial charge in [-0.15, -0.1) is 0 Å². The molecular weight excluding hydrogens is 278 g/mol. The van der Waals surface area contributed by atoms with Crippen LogP contribution in [0.2, 0.25) is 5.02 Å². The number of anilines is 1. The lowest BCUT2D eigenvalue weighted by molar-refractivity contribution is 0.0963. The van der Waals surface area contributed by atoms with E-state index in [4.69, 9.17) is 16.7 Å². The number of hydrogen-bond acceptors (Lipinski definition) is 4. The molecule has 6 nitrogen and oxygen atoms in total. The lowest BCUT2D eigenvalue weighted by atomic mass is 10.2. The number of primary sulfonamides is 1. The Morgan fingerprint density at radius 1 is 1.44 bits per heavy atom. The SMILES string of the molecule is CNC(=O)c1cc(NCCS(N)(=O)=O)ccc1Cl. The first-order chi connectivity index (χ1) is 8.33. The number of nitrogens with two attached hydrogens (primary N) is 1. The molecule has 0 saturated carbocycles. The van der Waals surface area contributed by atoms with E-state index in [0.717, 1.165) is 0 Å². The van der Waals surface area contributed by atoms with Gasteiger partial charge in [-0.05, 0) is 18.2 Å². The average Bonchev–Trinajstić information content (AvgIpc) is 2.28. The summed E-state index contributed by atoms with van der Waals surface area (Å²) >= 11 is 5.87. The summed E-state index contributed by atoms with van der Waals surface area (Å²) < 4.78 is 21.5. The third-order valence-electron chi connectivity index (χ3n) is 2.15. The molecule has 0 aromatic heterocycles. The van der Waals surface area contributed by atoms with Crippen LogP contribution in [0.15, 0.2) is 18.2 Å². The number of nitrogens with one attached hydrogen (secondary N) is 2. The zero-order chi connectivity index (χ0) is 13.8. The molecule has 0 atom stereocenters. The number of halogens is 1. The van der Waals surface area contributed by atoms with Gasteiger partial charge < -0.3 is 10.6 Å². The van der Waals surface area contributed by atoms with Crippen LogP contribution in [-0.2, 0) is 10.0 Å². The van der Waals surface area contributed by atoms with Crippen LogP contribution >= 0.6 is 11.6 Å². The van der Waals surface area contributed by atoms with Crippen molar-refractivity contribution in [1.29, 1.82) is 0 Å². The zero-order valence-corrected chi connectivity index (χ0v) is 11.3. The number of sulfonamides is 1. The highest BCUT2D eigenvalue weighted by atomic mass is 35.5. The molecule has 0 bridgehead atoms. The third kappa shape index (κ3) is 4.52. The number of benzene rings is 1. The molecule has 0 aliphatic rings. The van der Waals surface area contributed by atoms with Crippen LogP contribution in [0.3, 0.4) is 0 Å². The van der Waals surface area contributed by atoms with Crippen LogP contribution in [0.25, 0.3) is 0 Å². The number of hydrogen-bond donors (Lipinski definition) is 3. The number of carbonyl (C=O) groups is 1. The number of carbonyl (C=O) groups excluding carboxylic acids is 1. The van der Waals surface area contributed by atoms with E-state index in [1.165, 1.54) is 7.05 Å². The molecule has 1 amide bonds. The highest BCUT2D eigenvalue weighted by molar-refractivity contribution is 7.89. The normalized spacial score (nSPS) is 11.1. The van der Waals surface area contributed by atoms with Crippen LogP contribution in [0.4, 0.5) is 5.69 Å². The van der Waals surface area contributed by atoms with Crippen molar-refractivity contribution in [1.82, 2.24) is 5.32 Å². The molecule has 0 aliphatic carbocycles. The van der Waals surface area contributed by atoms with E-state index in [1.54, 1.807) is 18.2 Å². The molecule has 1 aromatic rings. The summed E-state index contributed by atoms with van der Waals surface area (Å²) in [6.07, 6.45) is 0. The first-order valence-corrected chi connectivity index (χ1v) is 7.19. The summed E-state index contributed by atoms with van der Waals surface area (Å²) in [7, 11) is -2.00. The monoisotopic (exact) mass is 291 g/mol. The zero-order valence-electron chi connectivity index (χ0n) is 9.73. The van der Waals surface area contributed by atoms with Crippen molar-refractivity contribution >= 4 is 33.2 Å². The minimum atomic E-state index is -3.50. The van der Waals surface area contributed by atoms with Crippen molar-refractivity contribution in [2.75, 3.05) is 24.7 Å². The maximum Gasteiger partial charge on any atom is 0.252 e. The van der Waals surface area contributed by atoms with Gasteiger partial charge in [-0.3, -0.25) is 4.79 Å². The highest BCUT2D eigenvalue weighted by Crippen LogP contribution is 2.20. The fraction of sp³-hybridized carbons (Fsp3) is 0.300. The smallest absolute Gasteiger partial charge is 0.252 e. The molecule has 0 fully saturated rings. The number of rotatable bonds is 5. The molecular formula is C10H14ClN3O3S. The Hall–Kier alpha value is -1.31. The van der Waals surface area contributed by atoms with Crippen LogP contribution in [0, 0.1) is 0 Å². The van der Waals surface area contributed by atoms with Gasteiger partial charge in [0.1, 0.15) is 0 Å². The van der Waals surface area contributed by atoms with E-state index in [9.17, 15) is 13.2 Å². The van der Waals surface area contributed by atoms with Crippen molar-refractivity contribution in [3.05, 3.63) is 28.8 Å². The van der Waals surface area contributed by atoms with Gasteiger partial charge in [0, 0.05) is 19.3 Å². The highest BCUT2D eigenvalue weighted by Gasteiger charge is 2.09. The van der Waals surface area contributed by atoms with Gasteiger partial charge in [0.25, 0.3) is 5.91 Å². The van der Waals surface area contributed by atoms with Gasteiger partial charge in [0.2, 0.25) is 10.0 Å². The summed E-state index contributed by atoms with van der Waals surface area (Å²) in [5.41, 5.74) is 0.918. The van der Waals surface area contributed by atoms with E-state index in [1.807, 2.05) is 0 Å². The van der Waals surface area contributed by atoms with Gasteiger partial charge in [-0.1, -0.05) is 11.6 Å². The van der Waals surface area contributed by atoms with Crippen LogP contribution in [0.1, 0.15) is 10.4 Å². The predicted octanol–water partition coefficient (Wildman–Crippen LogP) is 0.400. The topological polar surface area (TPSA) is 101 Å². The van der Waals surface area contributed by atoms with Gasteiger partial charge in [0.15, 0.2) is 0 Å². The largest absolute Gasteiger partial charge is 0.384 e. The van der Waals surface area contributed by atoms with Gasteiger partial charge in [-0.25, -0.2) is 13.6 Å². The minimum absolute atomic E-state index is 0.160. The van der Waals surface area contributed by atoms with E-state index < -0.39 is 10.0 Å². The lowest BCUT2D eigenvalue weighted by Gasteiger charge is -2.08. The molecule has 0 unspecified atom stereocenters. The van der Waals surface area contributed by atoms with E-state index >= 15 is 0 Å². The third-order valence-corrected chi connectivity index (χ3v) is 3.26. The second-order valence-electron chi connectivity index (χ2n) is 3.57. The molecule has 0 heterocycles. The summed E-state index contributed by atoms with van der Waals surface area (Å²) in [5, 5.41) is 10.5. The molecule has 8 heteroatoms. The Kier molecular flexibility index (Phi) is 4.94. The Bertz CT molecular complexity index is 545. The van der Waals surface area contributed by atoms with Crippen LogP contribution in [0.5, 0.6) is 0 Å². The van der Waals surface area contributed by atoms with E-state index in [0.29, 0.717) is 16.3 Å². The Morgan fingerprint density at radius 2 is 2.11 bits per heavy atom. The fourth-order valence-corrected chi connectivity index (χ4v) is 1.87. The molecule has 100 valence electrons. The Balaban J connectivity index is 2.76. The van der Waals surface area contributed by atoms with Crippen molar-refractivity contribution in [3.8, 4) is 0 Å². The average molecular weight is 292 g/mol. The number of amides is 1. The quantitative estimate of drug-likeness (QED) is 0.731. The van der Waals surface area contributed by atoms with Gasteiger partial charge >= 0.3 is 0 Å². The second kappa shape index (κ2) is 6.03. The minimum Gasteiger partial charge on any atom is -0.384 e. The molecule has 4 N–H and O–H groups in total. The maximum absolute atomic E-state index is 11.5. The van der Waals surface area contributed by atoms with Crippen LogP contribution < -0.4 is 15.8 Å². The summed E-state index contributed by atoms with van der Waals surface area (Å²) in [6, 6.07) is 4.76. The van der Waals surface area contributed by atoms with Crippen LogP contribution in [-0.4, -0.2) is 33.7 Å².